The maximum Gasteiger partial charge on any atom is 0.0174 e. The Balaban J connectivity index is 1.61. The number of nitrogens with zero attached hydrogens (tertiary/aromatic N) is 1. The summed E-state index contributed by atoms with van der Waals surface area (Å²) in [5.41, 5.74) is 6.26. The fourth-order valence-electron chi connectivity index (χ4n) is 3.67. The minimum absolute atomic E-state index is 0.368. The number of rotatable bonds is 3. The largest absolute Gasteiger partial charge is 0.327 e. The van der Waals surface area contributed by atoms with Gasteiger partial charge in [-0.05, 0) is 36.6 Å². The molecule has 100 valence electrons. The summed E-state index contributed by atoms with van der Waals surface area (Å²) in [5.74, 6) is 1.62. The summed E-state index contributed by atoms with van der Waals surface area (Å²) in [6, 6.07) is 4.81. The number of nitrogens with two attached hydrogens (primary N) is 1. The van der Waals surface area contributed by atoms with E-state index in [1.165, 1.54) is 50.1 Å². The lowest BCUT2D eigenvalue weighted by atomic mass is 9.92. The summed E-state index contributed by atoms with van der Waals surface area (Å²) >= 11 is 1.89. The molecule has 1 saturated heterocycles. The Morgan fingerprint density at radius 2 is 2.11 bits per heavy atom. The van der Waals surface area contributed by atoms with Crippen LogP contribution in [0.4, 0.5) is 0 Å². The maximum absolute atomic E-state index is 6.26. The van der Waals surface area contributed by atoms with Crippen molar-refractivity contribution in [2.24, 2.45) is 11.7 Å². The summed E-state index contributed by atoms with van der Waals surface area (Å²) in [5, 5.41) is 2.19. The molecule has 3 rings (SSSR count). The molecule has 2 atom stereocenters. The van der Waals surface area contributed by atoms with Gasteiger partial charge in [-0.1, -0.05) is 18.9 Å². The van der Waals surface area contributed by atoms with Crippen molar-refractivity contribution in [2.75, 3.05) is 19.6 Å². The monoisotopic (exact) mass is 264 g/mol. The molecule has 18 heavy (non-hydrogen) atoms. The van der Waals surface area contributed by atoms with E-state index in [2.05, 4.69) is 22.4 Å². The number of hydrogen-bond donors (Lipinski definition) is 1. The minimum atomic E-state index is 0.368. The van der Waals surface area contributed by atoms with E-state index in [-0.39, 0.29) is 0 Å². The van der Waals surface area contributed by atoms with Crippen molar-refractivity contribution in [2.45, 2.75) is 44.1 Å². The standard InChI is InChI=1S/C15H24N2S/c16-14-8-13(15-6-3-7-18-15)10-17(11-14)9-12-4-1-2-5-12/h3,6-7,12-14H,1-2,4-5,8-11,16H2. The van der Waals surface area contributed by atoms with Gasteiger partial charge in [0.1, 0.15) is 0 Å². The molecule has 1 aliphatic heterocycles. The Kier molecular flexibility index (Phi) is 4.02. The molecule has 2 aliphatic rings. The second-order valence-electron chi connectivity index (χ2n) is 6.08. The molecule has 1 aromatic rings. The molecule has 2 unspecified atom stereocenters. The van der Waals surface area contributed by atoms with E-state index in [4.69, 9.17) is 5.73 Å². The van der Waals surface area contributed by atoms with Crippen LogP contribution in [0.5, 0.6) is 0 Å². The zero-order valence-electron chi connectivity index (χ0n) is 11.1. The first kappa shape index (κ1) is 12.6. The van der Waals surface area contributed by atoms with Crippen LogP contribution >= 0.6 is 11.3 Å². The van der Waals surface area contributed by atoms with E-state index in [0.717, 1.165) is 12.5 Å². The van der Waals surface area contributed by atoms with Gasteiger partial charge in [-0.3, -0.25) is 0 Å². The maximum atomic E-state index is 6.26. The highest BCUT2D eigenvalue weighted by Crippen LogP contribution is 2.32. The Morgan fingerprint density at radius 1 is 1.28 bits per heavy atom. The molecule has 0 amide bonds. The first-order valence-corrected chi connectivity index (χ1v) is 8.20. The van der Waals surface area contributed by atoms with E-state index in [1.54, 1.807) is 0 Å². The highest BCUT2D eigenvalue weighted by atomic mass is 32.1. The highest BCUT2D eigenvalue weighted by molar-refractivity contribution is 7.10. The quantitative estimate of drug-likeness (QED) is 0.909. The summed E-state index contributed by atoms with van der Waals surface area (Å²) in [6.07, 6.45) is 6.93. The van der Waals surface area contributed by atoms with Crippen molar-refractivity contribution in [3.05, 3.63) is 22.4 Å². The van der Waals surface area contributed by atoms with Gasteiger partial charge in [0.25, 0.3) is 0 Å². The zero-order valence-corrected chi connectivity index (χ0v) is 11.9. The molecule has 2 nitrogen and oxygen atoms in total. The molecule has 1 saturated carbocycles. The Morgan fingerprint density at radius 3 is 2.83 bits per heavy atom. The van der Waals surface area contributed by atoms with Crippen LogP contribution in [0.3, 0.4) is 0 Å². The van der Waals surface area contributed by atoms with Crippen molar-refractivity contribution >= 4 is 11.3 Å². The van der Waals surface area contributed by atoms with Gasteiger partial charge < -0.3 is 10.6 Å². The third kappa shape index (κ3) is 2.95. The molecule has 0 aromatic carbocycles. The van der Waals surface area contributed by atoms with Crippen LogP contribution in [0.2, 0.25) is 0 Å². The molecular formula is C15H24N2S. The number of piperidine rings is 1. The molecule has 0 bridgehead atoms. The Bertz CT molecular complexity index is 357. The van der Waals surface area contributed by atoms with Gasteiger partial charge >= 0.3 is 0 Å². The third-order valence-electron chi connectivity index (χ3n) is 4.50. The van der Waals surface area contributed by atoms with Crippen LogP contribution < -0.4 is 5.73 Å². The van der Waals surface area contributed by atoms with E-state index < -0.39 is 0 Å². The predicted molar refractivity (Wildman–Crippen MR) is 78.1 cm³/mol. The number of thiophene rings is 1. The molecule has 0 spiro atoms. The Hall–Kier alpha value is -0.380. The summed E-state index contributed by atoms with van der Waals surface area (Å²) in [4.78, 5) is 4.16. The molecule has 1 aromatic heterocycles. The van der Waals surface area contributed by atoms with Gasteiger partial charge in [0.05, 0.1) is 0 Å². The van der Waals surface area contributed by atoms with Crippen molar-refractivity contribution in [3.63, 3.8) is 0 Å². The van der Waals surface area contributed by atoms with Crippen molar-refractivity contribution < 1.29 is 0 Å². The molecular weight excluding hydrogens is 240 g/mol. The van der Waals surface area contributed by atoms with Crippen LogP contribution in [0, 0.1) is 5.92 Å². The van der Waals surface area contributed by atoms with Gasteiger partial charge in [-0.2, -0.15) is 0 Å². The SMILES string of the molecule is NC1CC(c2cccs2)CN(CC2CCCC2)C1. The normalized spacial score (nSPS) is 30.9. The third-order valence-corrected chi connectivity index (χ3v) is 5.53. The van der Waals surface area contributed by atoms with Crippen LogP contribution in [0.25, 0.3) is 0 Å². The van der Waals surface area contributed by atoms with Crippen LogP contribution in [-0.2, 0) is 0 Å². The van der Waals surface area contributed by atoms with E-state index in [9.17, 15) is 0 Å². The van der Waals surface area contributed by atoms with Crippen LogP contribution in [0.1, 0.15) is 42.9 Å². The summed E-state index contributed by atoms with van der Waals surface area (Å²) in [6.45, 7) is 3.62. The van der Waals surface area contributed by atoms with Crippen LogP contribution in [-0.4, -0.2) is 30.6 Å². The molecule has 1 aliphatic carbocycles. The van der Waals surface area contributed by atoms with E-state index >= 15 is 0 Å². The second-order valence-corrected chi connectivity index (χ2v) is 7.06. The van der Waals surface area contributed by atoms with Gasteiger partial charge in [-0.15, -0.1) is 11.3 Å². The second kappa shape index (κ2) is 5.72. The molecule has 0 radical (unpaired) electrons. The fraction of sp³-hybridized carbons (Fsp3) is 0.733. The van der Waals surface area contributed by atoms with E-state index in [0.29, 0.717) is 12.0 Å². The van der Waals surface area contributed by atoms with Gasteiger partial charge in [0.2, 0.25) is 0 Å². The molecule has 2 heterocycles. The fourth-order valence-corrected chi connectivity index (χ4v) is 4.50. The molecule has 2 N–H and O–H groups in total. The topological polar surface area (TPSA) is 29.3 Å². The van der Waals surface area contributed by atoms with Gasteiger partial charge in [0.15, 0.2) is 0 Å². The average Bonchev–Trinajstić information content (AvgIpc) is 3.00. The average molecular weight is 264 g/mol. The predicted octanol–water partition coefficient (Wildman–Crippen LogP) is 3.05. The van der Waals surface area contributed by atoms with Crippen molar-refractivity contribution in [1.29, 1.82) is 0 Å². The smallest absolute Gasteiger partial charge is 0.0174 e. The molecule has 2 fully saturated rings. The van der Waals surface area contributed by atoms with Crippen molar-refractivity contribution in [1.82, 2.24) is 4.90 Å². The van der Waals surface area contributed by atoms with Gasteiger partial charge in [-0.25, -0.2) is 0 Å². The van der Waals surface area contributed by atoms with Gasteiger partial charge in [0, 0.05) is 36.5 Å². The lowest BCUT2D eigenvalue weighted by Crippen LogP contribution is -2.47. The minimum Gasteiger partial charge on any atom is -0.327 e. The lowest BCUT2D eigenvalue weighted by molar-refractivity contribution is 0.165. The molecule has 3 heteroatoms. The summed E-state index contributed by atoms with van der Waals surface area (Å²) < 4.78 is 0. The van der Waals surface area contributed by atoms with Crippen LogP contribution in [0.15, 0.2) is 17.5 Å². The lowest BCUT2D eigenvalue weighted by Gasteiger charge is -2.37. The number of hydrogen-bond acceptors (Lipinski definition) is 3. The first-order valence-electron chi connectivity index (χ1n) is 7.32. The summed E-state index contributed by atoms with van der Waals surface area (Å²) in [7, 11) is 0. The number of likely N-dealkylation sites (tertiary alicyclic amines) is 1. The van der Waals surface area contributed by atoms with Crippen molar-refractivity contribution in [3.8, 4) is 0 Å². The highest BCUT2D eigenvalue weighted by Gasteiger charge is 2.28. The zero-order chi connectivity index (χ0) is 12.4. The Labute approximate surface area is 114 Å². The first-order chi connectivity index (χ1) is 8.81. The van der Waals surface area contributed by atoms with E-state index in [1.807, 2.05) is 11.3 Å².